The maximum atomic E-state index is 13.2. The Hall–Kier alpha value is -3.42. The molecule has 0 fully saturated rings. The second-order valence-electron chi connectivity index (χ2n) is 9.16. The number of ether oxygens (including phenoxy) is 1. The van der Waals surface area contributed by atoms with Crippen molar-refractivity contribution < 1.29 is 19.2 Å². The van der Waals surface area contributed by atoms with E-state index >= 15 is 0 Å². The first kappa shape index (κ1) is 23.2. The lowest BCUT2D eigenvalue weighted by Crippen LogP contribution is -2.42. The molecule has 1 aliphatic rings. The lowest BCUT2D eigenvalue weighted by Gasteiger charge is -2.28. The molecular formula is C24H29N3O5. The minimum absolute atomic E-state index is 0.0325. The van der Waals surface area contributed by atoms with Crippen molar-refractivity contribution in [2.24, 2.45) is 11.3 Å². The van der Waals surface area contributed by atoms with Gasteiger partial charge in [0.25, 0.3) is 11.6 Å². The zero-order chi connectivity index (χ0) is 23.6. The lowest BCUT2D eigenvalue weighted by atomic mass is 9.92. The molecular weight excluding hydrogens is 410 g/mol. The van der Waals surface area contributed by atoms with Gasteiger partial charge in [-0.15, -0.1) is 0 Å². The maximum absolute atomic E-state index is 13.2. The van der Waals surface area contributed by atoms with Crippen LogP contribution in [0.2, 0.25) is 0 Å². The van der Waals surface area contributed by atoms with Gasteiger partial charge in [0.05, 0.1) is 16.0 Å². The quantitative estimate of drug-likeness (QED) is 0.507. The topological polar surface area (TPSA) is 102 Å². The number of anilines is 2. The summed E-state index contributed by atoms with van der Waals surface area (Å²) in [6.45, 7) is 10.3. The molecule has 0 spiro atoms. The van der Waals surface area contributed by atoms with E-state index in [1.165, 1.54) is 12.1 Å². The van der Waals surface area contributed by atoms with Crippen LogP contribution in [0, 0.1) is 28.4 Å². The van der Waals surface area contributed by atoms with Gasteiger partial charge >= 0.3 is 0 Å². The van der Waals surface area contributed by atoms with E-state index in [4.69, 9.17) is 4.74 Å². The number of rotatable bonds is 6. The highest BCUT2D eigenvalue weighted by Crippen LogP contribution is 2.38. The Bertz CT molecular complexity index is 1060. The molecule has 1 N–H and O–H groups in total. The van der Waals surface area contributed by atoms with Crippen LogP contribution >= 0.6 is 0 Å². The van der Waals surface area contributed by atoms with Crippen molar-refractivity contribution >= 4 is 28.9 Å². The zero-order valence-electron chi connectivity index (χ0n) is 19.1. The number of benzene rings is 2. The van der Waals surface area contributed by atoms with Crippen LogP contribution in [-0.2, 0) is 4.79 Å². The fourth-order valence-electron chi connectivity index (χ4n) is 3.60. The van der Waals surface area contributed by atoms with Gasteiger partial charge in [0.1, 0.15) is 12.4 Å². The number of nitro benzene ring substituents is 1. The Kier molecular flexibility index (Phi) is 6.52. The average molecular weight is 440 g/mol. The van der Waals surface area contributed by atoms with Crippen molar-refractivity contribution in [1.82, 2.24) is 0 Å². The van der Waals surface area contributed by atoms with Crippen molar-refractivity contribution in [2.75, 3.05) is 23.4 Å². The Labute approximate surface area is 187 Å². The van der Waals surface area contributed by atoms with Gasteiger partial charge < -0.3 is 15.0 Å². The van der Waals surface area contributed by atoms with Crippen molar-refractivity contribution in [3.8, 4) is 5.75 Å². The summed E-state index contributed by atoms with van der Waals surface area (Å²) >= 11 is 0. The van der Waals surface area contributed by atoms with Crippen LogP contribution in [0.1, 0.15) is 50.0 Å². The first-order valence-electron chi connectivity index (χ1n) is 10.7. The normalized spacial score (nSPS) is 15.1. The van der Waals surface area contributed by atoms with Crippen molar-refractivity contribution in [2.45, 2.75) is 41.0 Å². The molecule has 32 heavy (non-hydrogen) atoms. The largest absolute Gasteiger partial charge is 0.490 e. The second kappa shape index (κ2) is 8.98. The van der Waals surface area contributed by atoms with Gasteiger partial charge in [0, 0.05) is 29.4 Å². The summed E-state index contributed by atoms with van der Waals surface area (Å²) in [4.78, 5) is 38.5. The summed E-state index contributed by atoms with van der Waals surface area (Å²) in [5.41, 5.74) is 0.808. The van der Waals surface area contributed by atoms with E-state index in [0.717, 1.165) is 6.42 Å². The van der Waals surface area contributed by atoms with Crippen molar-refractivity contribution in [3.63, 3.8) is 0 Å². The molecule has 8 nitrogen and oxygen atoms in total. The van der Waals surface area contributed by atoms with Crippen LogP contribution in [0.25, 0.3) is 0 Å². The highest BCUT2D eigenvalue weighted by molar-refractivity contribution is 6.07. The monoisotopic (exact) mass is 439 g/mol. The number of hydrogen-bond donors (Lipinski definition) is 1. The summed E-state index contributed by atoms with van der Waals surface area (Å²) in [5.74, 6) is 0.506. The molecule has 0 atom stereocenters. The molecule has 0 aliphatic carbocycles. The van der Waals surface area contributed by atoms with Crippen LogP contribution in [0.15, 0.2) is 36.4 Å². The first-order chi connectivity index (χ1) is 15.0. The van der Waals surface area contributed by atoms with E-state index in [1.807, 2.05) is 13.8 Å². The van der Waals surface area contributed by atoms with Crippen molar-refractivity contribution in [3.05, 3.63) is 57.6 Å². The van der Waals surface area contributed by atoms with E-state index in [-0.39, 0.29) is 23.8 Å². The highest BCUT2D eigenvalue weighted by Gasteiger charge is 2.37. The summed E-state index contributed by atoms with van der Waals surface area (Å²) in [6.07, 6.45) is 0.824. The van der Waals surface area contributed by atoms with Gasteiger partial charge in [-0.3, -0.25) is 19.7 Å². The molecule has 0 saturated heterocycles. The number of fused-ring (bicyclic) bond motifs is 1. The number of hydrogen-bond acceptors (Lipinski definition) is 5. The van der Waals surface area contributed by atoms with Crippen LogP contribution in [0.3, 0.4) is 0 Å². The molecule has 170 valence electrons. The van der Waals surface area contributed by atoms with E-state index < -0.39 is 16.2 Å². The minimum atomic E-state index is -0.681. The zero-order valence-corrected chi connectivity index (χ0v) is 19.1. The number of nitro groups is 1. The molecule has 0 saturated carbocycles. The Morgan fingerprint density at radius 3 is 2.66 bits per heavy atom. The van der Waals surface area contributed by atoms with Gasteiger partial charge in [-0.1, -0.05) is 19.9 Å². The number of nitrogens with zero attached hydrogens (tertiary/aromatic N) is 2. The third-order valence-corrected chi connectivity index (χ3v) is 5.60. The molecule has 0 aromatic heterocycles. The smallest absolute Gasteiger partial charge is 0.273 e. The molecule has 1 heterocycles. The molecule has 0 bridgehead atoms. The maximum Gasteiger partial charge on any atom is 0.273 e. The van der Waals surface area contributed by atoms with E-state index in [2.05, 4.69) is 19.2 Å². The Balaban J connectivity index is 1.94. The Morgan fingerprint density at radius 2 is 2.00 bits per heavy atom. The van der Waals surface area contributed by atoms with Gasteiger partial charge in [-0.25, -0.2) is 0 Å². The second-order valence-corrected chi connectivity index (χ2v) is 9.16. The summed E-state index contributed by atoms with van der Waals surface area (Å²) in [5, 5.41) is 14.0. The number of amides is 2. The number of carbonyl (C=O) groups is 2. The SMILES string of the molecule is Cc1c(C(=O)Nc2ccc3c(c2)N(CCC(C)C)C(=O)C(C)(C)CO3)cccc1[N+](=O)[O-]. The summed E-state index contributed by atoms with van der Waals surface area (Å²) in [6, 6.07) is 9.56. The van der Waals surface area contributed by atoms with E-state index in [1.54, 1.807) is 36.1 Å². The molecule has 0 unspecified atom stereocenters. The van der Waals surface area contributed by atoms with Gasteiger partial charge in [-0.2, -0.15) is 0 Å². The minimum Gasteiger partial charge on any atom is -0.490 e. The van der Waals surface area contributed by atoms with Gasteiger partial charge in [-0.05, 0) is 57.4 Å². The first-order valence-corrected chi connectivity index (χ1v) is 10.7. The molecule has 1 aliphatic heterocycles. The van der Waals surface area contributed by atoms with Crippen molar-refractivity contribution in [1.29, 1.82) is 0 Å². The molecule has 0 radical (unpaired) electrons. The fraction of sp³-hybridized carbons (Fsp3) is 0.417. The van der Waals surface area contributed by atoms with Crippen LogP contribution in [0.4, 0.5) is 17.1 Å². The molecule has 3 rings (SSSR count). The lowest BCUT2D eigenvalue weighted by molar-refractivity contribution is -0.385. The van der Waals surface area contributed by atoms with Gasteiger partial charge in [0.15, 0.2) is 0 Å². The predicted octanol–water partition coefficient (Wildman–Crippen LogP) is 4.95. The summed E-state index contributed by atoms with van der Waals surface area (Å²) in [7, 11) is 0. The van der Waals surface area contributed by atoms with E-state index in [0.29, 0.717) is 35.2 Å². The number of carbonyl (C=O) groups excluding carboxylic acids is 2. The highest BCUT2D eigenvalue weighted by atomic mass is 16.6. The standard InChI is InChI=1S/C24H29N3O5/c1-15(2)11-12-26-20-13-17(9-10-21(20)32-14-24(4,5)23(26)29)25-22(28)18-7-6-8-19(16(18)3)27(30)31/h6-10,13,15H,11-12,14H2,1-5H3,(H,25,28). The van der Waals surface area contributed by atoms with Crippen LogP contribution in [0.5, 0.6) is 5.75 Å². The van der Waals surface area contributed by atoms with Gasteiger partial charge in [0.2, 0.25) is 5.91 Å². The van der Waals surface area contributed by atoms with E-state index in [9.17, 15) is 19.7 Å². The third-order valence-electron chi connectivity index (χ3n) is 5.60. The fourth-order valence-corrected chi connectivity index (χ4v) is 3.60. The average Bonchev–Trinajstić information content (AvgIpc) is 2.81. The molecule has 8 heteroatoms. The Morgan fingerprint density at radius 1 is 1.28 bits per heavy atom. The molecule has 2 aromatic rings. The molecule has 2 aromatic carbocycles. The number of nitrogens with one attached hydrogen (secondary N) is 1. The third kappa shape index (κ3) is 4.74. The van der Waals surface area contributed by atoms with Crippen LogP contribution < -0.4 is 15.0 Å². The molecule has 2 amide bonds. The predicted molar refractivity (Wildman–Crippen MR) is 123 cm³/mol. The van der Waals surface area contributed by atoms with Crippen LogP contribution in [-0.4, -0.2) is 29.9 Å². The summed E-state index contributed by atoms with van der Waals surface area (Å²) < 4.78 is 5.93.